The van der Waals surface area contributed by atoms with E-state index in [-0.39, 0.29) is 18.3 Å². The number of ether oxygens (including phenoxy) is 1. The minimum atomic E-state index is -3.56. The summed E-state index contributed by atoms with van der Waals surface area (Å²) in [5.74, 6) is 0.592. The van der Waals surface area contributed by atoms with E-state index in [1.807, 2.05) is 4.90 Å². The van der Waals surface area contributed by atoms with Gasteiger partial charge in [0.05, 0.1) is 24.6 Å². The van der Waals surface area contributed by atoms with Crippen LogP contribution in [0.2, 0.25) is 0 Å². The molecule has 3 aromatic heterocycles. The summed E-state index contributed by atoms with van der Waals surface area (Å²) >= 11 is 0. The molecule has 0 bridgehead atoms. The summed E-state index contributed by atoms with van der Waals surface area (Å²) in [4.78, 5) is 14.7. The average Bonchev–Trinajstić information content (AvgIpc) is 3.21. The quantitative estimate of drug-likeness (QED) is 0.525. The van der Waals surface area contributed by atoms with Crippen molar-refractivity contribution in [2.75, 3.05) is 38.2 Å². The van der Waals surface area contributed by atoms with Crippen LogP contribution in [0.25, 0.3) is 17.0 Å². The molecule has 11 nitrogen and oxygen atoms in total. The van der Waals surface area contributed by atoms with Gasteiger partial charge < -0.3 is 9.64 Å². The van der Waals surface area contributed by atoms with E-state index in [4.69, 9.17) is 4.74 Å². The Morgan fingerprint density at radius 2 is 2.13 bits per heavy atom. The van der Waals surface area contributed by atoms with E-state index in [1.54, 1.807) is 6.07 Å². The maximum atomic E-state index is 13.1. The van der Waals surface area contributed by atoms with E-state index in [1.165, 1.54) is 36.2 Å². The van der Waals surface area contributed by atoms with Gasteiger partial charge in [-0.1, -0.05) is 0 Å². The Hall–Kier alpha value is -2.81. The summed E-state index contributed by atoms with van der Waals surface area (Å²) in [6.07, 6.45) is -0.194. The second-order valence-electron chi connectivity index (χ2n) is 6.73. The molecule has 0 aliphatic carbocycles. The summed E-state index contributed by atoms with van der Waals surface area (Å²) in [7, 11) is -2.24. The molecule has 14 heteroatoms. The van der Waals surface area contributed by atoms with Gasteiger partial charge in [-0.15, -0.1) is 0 Å². The van der Waals surface area contributed by atoms with Gasteiger partial charge in [-0.05, 0) is 12.1 Å². The van der Waals surface area contributed by atoms with Crippen LogP contribution in [-0.4, -0.2) is 72.4 Å². The van der Waals surface area contributed by atoms with Crippen molar-refractivity contribution in [2.24, 2.45) is 0 Å². The third-order valence-corrected chi connectivity index (χ3v) is 5.84. The molecule has 1 aliphatic rings. The van der Waals surface area contributed by atoms with Gasteiger partial charge in [0.25, 0.3) is 16.6 Å². The Bertz CT molecular complexity index is 1170. The van der Waals surface area contributed by atoms with Gasteiger partial charge >= 0.3 is 0 Å². The van der Waals surface area contributed by atoms with Crippen LogP contribution < -0.4 is 14.3 Å². The van der Waals surface area contributed by atoms with E-state index in [9.17, 15) is 17.2 Å². The predicted octanol–water partition coefficient (Wildman–Crippen LogP) is 0.383. The molecule has 166 valence electrons. The first-order valence-electron chi connectivity index (χ1n) is 9.36. The number of halogens is 2. The summed E-state index contributed by atoms with van der Waals surface area (Å²) < 4.78 is 60.8. The third kappa shape index (κ3) is 4.76. The zero-order chi connectivity index (χ0) is 22.0. The Balaban J connectivity index is 1.56. The summed E-state index contributed by atoms with van der Waals surface area (Å²) in [5.41, 5.74) is 0.979. The normalized spacial score (nSPS) is 17.5. The molecule has 3 aromatic rings. The molecule has 31 heavy (non-hydrogen) atoms. The number of hydrogen-bond acceptors (Lipinski definition) is 8. The van der Waals surface area contributed by atoms with Crippen molar-refractivity contribution in [1.82, 2.24) is 34.0 Å². The third-order valence-electron chi connectivity index (χ3n) is 4.75. The van der Waals surface area contributed by atoms with Crippen LogP contribution in [0.5, 0.6) is 0 Å². The first-order chi connectivity index (χ1) is 14.9. The maximum absolute atomic E-state index is 13.1. The Kier molecular flexibility index (Phi) is 6.04. The van der Waals surface area contributed by atoms with Gasteiger partial charge in [-0.25, -0.2) is 33.0 Å². The largest absolute Gasteiger partial charge is 0.373 e. The number of alkyl halides is 2. The van der Waals surface area contributed by atoms with E-state index in [0.29, 0.717) is 42.5 Å². The molecule has 0 amide bonds. The fraction of sp³-hybridized carbons (Fsp3) is 0.412. The van der Waals surface area contributed by atoms with E-state index in [0.717, 1.165) is 0 Å². The number of fused-ring (bicyclic) bond motifs is 1. The van der Waals surface area contributed by atoms with Crippen molar-refractivity contribution in [3.05, 3.63) is 36.4 Å². The molecule has 0 saturated carbocycles. The predicted molar refractivity (Wildman–Crippen MR) is 107 cm³/mol. The number of aromatic nitrogens is 5. The molecule has 2 N–H and O–H groups in total. The number of morpholine rings is 1. The number of nitrogens with one attached hydrogen (secondary N) is 2. The summed E-state index contributed by atoms with van der Waals surface area (Å²) in [6, 6.07) is 4.41. The number of nitrogens with zero attached hydrogens (tertiary/aromatic N) is 6. The van der Waals surface area contributed by atoms with Crippen LogP contribution in [0.1, 0.15) is 12.1 Å². The van der Waals surface area contributed by atoms with Crippen LogP contribution >= 0.6 is 0 Å². The lowest BCUT2D eigenvalue weighted by Gasteiger charge is -2.33. The van der Waals surface area contributed by atoms with Crippen LogP contribution in [0.15, 0.2) is 30.7 Å². The zero-order valence-corrected chi connectivity index (χ0v) is 17.3. The van der Waals surface area contributed by atoms with Gasteiger partial charge in [-0.3, -0.25) is 0 Å². The smallest absolute Gasteiger partial charge is 0.282 e. The summed E-state index contributed by atoms with van der Waals surface area (Å²) in [6.45, 7) is 1.45. The molecule has 1 atom stereocenters. The monoisotopic (exact) mass is 454 g/mol. The van der Waals surface area contributed by atoms with Gasteiger partial charge in [-0.2, -0.15) is 18.2 Å². The lowest BCUT2D eigenvalue weighted by Crippen LogP contribution is -2.49. The molecule has 1 fully saturated rings. The van der Waals surface area contributed by atoms with E-state index in [2.05, 4.69) is 29.5 Å². The van der Waals surface area contributed by atoms with Gasteiger partial charge in [0.1, 0.15) is 23.5 Å². The van der Waals surface area contributed by atoms with Crippen molar-refractivity contribution in [2.45, 2.75) is 12.5 Å². The molecule has 0 aromatic carbocycles. The molecular formula is C17H20F2N8O3S. The first-order valence-corrected chi connectivity index (χ1v) is 10.8. The number of rotatable bonds is 7. The molecule has 1 unspecified atom stereocenters. The van der Waals surface area contributed by atoms with Crippen molar-refractivity contribution in [1.29, 1.82) is 0 Å². The highest BCUT2D eigenvalue weighted by Crippen LogP contribution is 2.24. The fourth-order valence-corrected chi connectivity index (χ4v) is 3.71. The van der Waals surface area contributed by atoms with E-state index >= 15 is 0 Å². The molecule has 0 radical (unpaired) electrons. The molecular weight excluding hydrogens is 434 g/mol. The number of anilines is 1. The highest BCUT2D eigenvalue weighted by Gasteiger charge is 2.24. The topological polar surface area (TPSA) is 127 Å². The average molecular weight is 454 g/mol. The van der Waals surface area contributed by atoms with Crippen molar-refractivity contribution < 1.29 is 21.9 Å². The van der Waals surface area contributed by atoms with Crippen LogP contribution in [0, 0.1) is 0 Å². The highest BCUT2D eigenvalue weighted by atomic mass is 32.2. The maximum Gasteiger partial charge on any atom is 0.282 e. The number of imidazole rings is 1. The Morgan fingerprint density at radius 1 is 1.29 bits per heavy atom. The number of hydrogen-bond donors (Lipinski definition) is 2. The van der Waals surface area contributed by atoms with Gasteiger partial charge in [0, 0.05) is 32.7 Å². The summed E-state index contributed by atoms with van der Waals surface area (Å²) in [5, 5.41) is 3.96. The molecule has 1 saturated heterocycles. The molecule has 1 aliphatic heterocycles. The molecule has 4 heterocycles. The SMILES string of the molecule is CNS(=O)(=O)NCC1CN(c2cc(-c3cnc4ccc(C(F)F)nn34)ncn2)CCO1. The lowest BCUT2D eigenvalue weighted by molar-refractivity contribution is 0.0439. The second-order valence-corrected chi connectivity index (χ2v) is 8.43. The molecule has 4 rings (SSSR count). The van der Waals surface area contributed by atoms with Crippen LogP contribution in [0.3, 0.4) is 0 Å². The highest BCUT2D eigenvalue weighted by molar-refractivity contribution is 7.87. The van der Waals surface area contributed by atoms with Crippen LogP contribution in [0.4, 0.5) is 14.6 Å². The molecule has 0 spiro atoms. The van der Waals surface area contributed by atoms with Crippen molar-refractivity contribution in [3.8, 4) is 11.4 Å². The Labute approximate surface area is 176 Å². The minimum absolute atomic E-state index is 0.102. The zero-order valence-electron chi connectivity index (χ0n) is 16.4. The minimum Gasteiger partial charge on any atom is -0.373 e. The lowest BCUT2D eigenvalue weighted by atomic mass is 10.2. The van der Waals surface area contributed by atoms with E-state index < -0.39 is 16.6 Å². The van der Waals surface area contributed by atoms with Gasteiger partial charge in [0.2, 0.25) is 0 Å². The van der Waals surface area contributed by atoms with Gasteiger partial charge in [0.15, 0.2) is 5.65 Å². The Morgan fingerprint density at radius 3 is 2.90 bits per heavy atom. The van der Waals surface area contributed by atoms with Crippen molar-refractivity contribution in [3.63, 3.8) is 0 Å². The van der Waals surface area contributed by atoms with Crippen molar-refractivity contribution >= 4 is 21.7 Å². The van der Waals surface area contributed by atoms with Crippen LogP contribution in [-0.2, 0) is 14.9 Å². The standard InChI is InChI=1S/C17H20F2N8O3S/c1-20-31(28,29)24-7-11-9-26(4-5-30-11)16-6-13(22-10-23-16)14-8-21-15-3-2-12(17(18)19)25-27(14)15/h2-3,6,8,10-11,17,20,24H,4-5,7,9H2,1H3. The second kappa shape index (κ2) is 8.74. The fourth-order valence-electron chi connectivity index (χ4n) is 3.16. The first kappa shape index (κ1) is 21.4.